The van der Waals surface area contributed by atoms with E-state index in [0.29, 0.717) is 17.4 Å². The molecule has 4 heteroatoms. The highest BCUT2D eigenvalue weighted by molar-refractivity contribution is 6.30. The molecule has 0 bridgehead atoms. The summed E-state index contributed by atoms with van der Waals surface area (Å²) in [5, 5.41) is 14.0. The Labute approximate surface area is 118 Å². The van der Waals surface area contributed by atoms with Gasteiger partial charge in [-0.2, -0.15) is 10.4 Å². The number of nitriles is 1. The molecule has 0 spiro atoms. The largest absolute Gasteiger partial charge is 0.237 e. The van der Waals surface area contributed by atoms with E-state index in [0.717, 1.165) is 22.6 Å². The van der Waals surface area contributed by atoms with Crippen molar-refractivity contribution in [2.24, 2.45) is 0 Å². The Kier molecular flexibility index (Phi) is 3.92. The lowest BCUT2D eigenvalue weighted by Crippen LogP contribution is -2.05. The van der Waals surface area contributed by atoms with Crippen LogP contribution in [0.2, 0.25) is 5.02 Å². The summed E-state index contributed by atoms with van der Waals surface area (Å²) < 4.78 is 1.90. The molecule has 0 aliphatic rings. The Morgan fingerprint density at radius 2 is 2.11 bits per heavy atom. The average molecular weight is 274 g/mol. The molecule has 0 fully saturated rings. The van der Waals surface area contributed by atoms with Gasteiger partial charge in [0.25, 0.3) is 0 Å². The van der Waals surface area contributed by atoms with Gasteiger partial charge in [0.2, 0.25) is 0 Å². The topological polar surface area (TPSA) is 41.6 Å². The summed E-state index contributed by atoms with van der Waals surface area (Å²) in [6.07, 6.45) is 0.326. The molecule has 19 heavy (non-hydrogen) atoms. The van der Waals surface area contributed by atoms with Gasteiger partial charge in [0.15, 0.2) is 0 Å². The molecule has 0 amide bonds. The molecule has 0 aliphatic heterocycles. The molecule has 0 unspecified atom stereocenters. The number of rotatable bonds is 3. The van der Waals surface area contributed by atoms with Gasteiger partial charge in [-0.15, -0.1) is 0 Å². The van der Waals surface area contributed by atoms with Crippen molar-refractivity contribution in [3.05, 3.63) is 46.2 Å². The maximum atomic E-state index is 8.81. The molecular weight excluding hydrogens is 258 g/mol. The SMILES string of the molecule is Cc1ccc(Cl)cc1-n1nc(CC#N)cc1C(C)C. The molecule has 98 valence electrons. The van der Waals surface area contributed by atoms with E-state index >= 15 is 0 Å². The van der Waals surface area contributed by atoms with Crippen molar-refractivity contribution in [2.75, 3.05) is 0 Å². The van der Waals surface area contributed by atoms with Crippen LogP contribution in [0.1, 0.15) is 36.7 Å². The van der Waals surface area contributed by atoms with Crippen LogP contribution in [0.3, 0.4) is 0 Å². The zero-order valence-corrected chi connectivity index (χ0v) is 12.1. The number of aromatic nitrogens is 2. The van der Waals surface area contributed by atoms with Crippen LogP contribution in [0.15, 0.2) is 24.3 Å². The first-order valence-electron chi connectivity index (χ1n) is 6.25. The molecule has 0 saturated carbocycles. The van der Waals surface area contributed by atoms with Crippen molar-refractivity contribution in [2.45, 2.75) is 33.1 Å². The molecule has 2 rings (SSSR count). The van der Waals surface area contributed by atoms with E-state index in [1.807, 2.05) is 35.9 Å². The Morgan fingerprint density at radius 1 is 1.37 bits per heavy atom. The molecule has 0 radical (unpaired) electrons. The summed E-state index contributed by atoms with van der Waals surface area (Å²) in [5.74, 6) is 0.332. The van der Waals surface area contributed by atoms with E-state index < -0.39 is 0 Å². The number of halogens is 1. The van der Waals surface area contributed by atoms with Crippen LogP contribution in [-0.4, -0.2) is 9.78 Å². The zero-order chi connectivity index (χ0) is 14.0. The molecule has 0 aliphatic carbocycles. The zero-order valence-electron chi connectivity index (χ0n) is 11.3. The van der Waals surface area contributed by atoms with Crippen LogP contribution in [0.4, 0.5) is 0 Å². The van der Waals surface area contributed by atoms with Crippen LogP contribution in [0.5, 0.6) is 0 Å². The molecule has 0 saturated heterocycles. The van der Waals surface area contributed by atoms with E-state index in [1.54, 1.807) is 0 Å². The second kappa shape index (κ2) is 5.46. The van der Waals surface area contributed by atoms with E-state index in [4.69, 9.17) is 16.9 Å². The fourth-order valence-corrected chi connectivity index (χ4v) is 2.20. The number of hydrogen-bond donors (Lipinski definition) is 0. The minimum absolute atomic E-state index is 0.326. The summed E-state index contributed by atoms with van der Waals surface area (Å²) in [7, 11) is 0. The third-order valence-corrected chi connectivity index (χ3v) is 3.27. The fourth-order valence-electron chi connectivity index (χ4n) is 2.03. The average Bonchev–Trinajstić information content (AvgIpc) is 2.77. The molecule has 1 aromatic heterocycles. The third-order valence-electron chi connectivity index (χ3n) is 3.04. The maximum Gasteiger partial charge on any atom is 0.0793 e. The maximum absolute atomic E-state index is 8.81. The summed E-state index contributed by atoms with van der Waals surface area (Å²) in [5.41, 5.74) is 3.97. The lowest BCUT2D eigenvalue weighted by atomic mass is 10.1. The molecule has 0 N–H and O–H groups in total. The molecular formula is C15H16ClN3. The van der Waals surface area contributed by atoms with Gasteiger partial charge in [-0.3, -0.25) is 0 Å². The smallest absolute Gasteiger partial charge is 0.0793 e. The first-order valence-corrected chi connectivity index (χ1v) is 6.63. The van der Waals surface area contributed by atoms with Gasteiger partial charge in [-0.1, -0.05) is 31.5 Å². The number of benzene rings is 1. The van der Waals surface area contributed by atoms with Crippen molar-refractivity contribution >= 4 is 11.6 Å². The first kappa shape index (κ1) is 13.6. The van der Waals surface area contributed by atoms with Crippen LogP contribution in [-0.2, 0) is 6.42 Å². The summed E-state index contributed by atoms with van der Waals surface area (Å²) in [6.45, 7) is 6.26. The molecule has 2 aromatic rings. The lowest BCUT2D eigenvalue weighted by molar-refractivity contribution is 0.727. The standard InChI is InChI=1S/C15H16ClN3/c1-10(2)14-9-13(6-7-17)18-19(14)15-8-12(16)5-4-11(15)3/h4-5,8-10H,6H2,1-3H3. The Balaban J connectivity index is 2.60. The Bertz CT molecular complexity index is 635. The van der Waals surface area contributed by atoms with E-state index in [-0.39, 0.29) is 0 Å². The fraction of sp³-hybridized carbons (Fsp3) is 0.333. The molecule has 0 atom stereocenters. The third kappa shape index (κ3) is 2.80. The first-order chi connectivity index (χ1) is 9.02. The Hall–Kier alpha value is -1.79. The molecule has 1 heterocycles. The Morgan fingerprint density at radius 3 is 2.74 bits per heavy atom. The van der Waals surface area contributed by atoms with Crippen LogP contribution >= 0.6 is 11.6 Å². The van der Waals surface area contributed by atoms with Crippen molar-refractivity contribution in [1.29, 1.82) is 5.26 Å². The van der Waals surface area contributed by atoms with E-state index in [9.17, 15) is 0 Å². The van der Waals surface area contributed by atoms with E-state index in [2.05, 4.69) is 25.0 Å². The van der Waals surface area contributed by atoms with Crippen molar-refractivity contribution in [1.82, 2.24) is 9.78 Å². The van der Waals surface area contributed by atoms with Gasteiger partial charge < -0.3 is 0 Å². The molecule has 3 nitrogen and oxygen atoms in total. The van der Waals surface area contributed by atoms with Crippen LogP contribution in [0.25, 0.3) is 5.69 Å². The van der Waals surface area contributed by atoms with Gasteiger partial charge in [-0.05, 0) is 36.6 Å². The highest BCUT2D eigenvalue weighted by atomic mass is 35.5. The second-order valence-corrected chi connectivity index (χ2v) is 5.33. The van der Waals surface area contributed by atoms with Crippen molar-refractivity contribution in [3.63, 3.8) is 0 Å². The quantitative estimate of drug-likeness (QED) is 0.847. The second-order valence-electron chi connectivity index (χ2n) is 4.89. The van der Waals surface area contributed by atoms with Gasteiger partial charge in [-0.25, -0.2) is 4.68 Å². The van der Waals surface area contributed by atoms with E-state index in [1.165, 1.54) is 0 Å². The minimum atomic E-state index is 0.326. The number of hydrogen-bond acceptors (Lipinski definition) is 2. The molecule has 1 aromatic carbocycles. The summed E-state index contributed by atoms with van der Waals surface area (Å²) in [4.78, 5) is 0. The summed E-state index contributed by atoms with van der Waals surface area (Å²) in [6, 6.07) is 9.89. The van der Waals surface area contributed by atoms with Crippen molar-refractivity contribution < 1.29 is 0 Å². The minimum Gasteiger partial charge on any atom is -0.237 e. The van der Waals surface area contributed by atoms with Crippen LogP contribution < -0.4 is 0 Å². The van der Waals surface area contributed by atoms with Gasteiger partial charge in [0, 0.05) is 10.7 Å². The van der Waals surface area contributed by atoms with Crippen molar-refractivity contribution in [3.8, 4) is 11.8 Å². The summed E-state index contributed by atoms with van der Waals surface area (Å²) >= 11 is 6.07. The van der Waals surface area contributed by atoms with Crippen LogP contribution in [0, 0.1) is 18.3 Å². The number of aryl methyl sites for hydroxylation is 1. The van der Waals surface area contributed by atoms with Gasteiger partial charge in [0.1, 0.15) is 0 Å². The normalized spacial score (nSPS) is 10.7. The monoisotopic (exact) mass is 273 g/mol. The highest BCUT2D eigenvalue weighted by Crippen LogP contribution is 2.25. The highest BCUT2D eigenvalue weighted by Gasteiger charge is 2.14. The predicted octanol–water partition coefficient (Wildman–Crippen LogP) is 4.02. The van der Waals surface area contributed by atoms with Gasteiger partial charge in [0.05, 0.1) is 23.9 Å². The number of nitrogens with zero attached hydrogens (tertiary/aromatic N) is 3. The van der Waals surface area contributed by atoms with Gasteiger partial charge >= 0.3 is 0 Å². The predicted molar refractivity (Wildman–Crippen MR) is 76.7 cm³/mol. The lowest BCUT2D eigenvalue weighted by Gasteiger charge is -2.12.